The molecule has 192 valence electrons. The lowest BCUT2D eigenvalue weighted by atomic mass is 10.1. The third kappa shape index (κ3) is 5.18. The van der Waals surface area contributed by atoms with Crippen LogP contribution in [0.2, 0.25) is 5.02 Å². The van der Waals surface area contributed by atoms with Crippen molar-refractivity contribution in [1.82, 2.24) is 24.5 Å². The topological polar surface area (TPSA) is 103 Å². The van der Waals surface area contributed by atoms with E-state index < -0.39 is 70.0 Å². The van der Waals surface area contributed by atoms with Gasteiger partial charge in [-0.25, -0.2) is 23.1 Å². The van der Waals surface area contributed by atoms with E-state index in [9.17, 15) is 18.7 Å². The van der Waals surface area contributed by atoms with Gasteiger partial charge >= 0.3 is 0 Å². The molecule has 37 heavy (non-hydrogen) atoms. The minimum atomic E-state index is -2.99. The van der Waals surface area contributed by atoms with Crippen LogP contribution in [0.3, 0.4) is 0 Å². The van der Waals surface area contributed by atoms with Crippen LogP contribution in [-0.4, -0.2) is 29.6 Å². The molecule has 0 aromatic carbocycles. The molecule has 0 aliphatic rings. The van der Waals surface area contributed by atoms with E-state index in [-0.39, 0.29) is 22.6 Å². The number of rotatable bonds is 6. The lowest BCUT2D eigenvalue weighted by Crippen LogP contribution is -2.24. The van der Waals surface area contributed by atoms with Gasteiger partial charge in [-0.05, 0) is 39.3 Å². The number of pyridine rings is 3. The van der Waals surface area contributed by atoms with E-state index in [1.54, 1.807) is 0 Å². The molecule has 0 spiro atoms. The fourth-order valence-electron chi connectivity index (χ4n) is 3.37. The Bertz CT molecular complexity index is 1770. The molecule has 0 bridgehead atoms. The summed E-state index contributed by atoms with van der Waals surface area (Å²) in [6.07, 6.45) is 2.93. The van der Waals surface area contributed by atoms with Gasteiger partial charge in [-0.1, -0.05) is 11.6 Å². The summed E-state index contributed by atoms with van der Waals surface area (Å²) in [4.78, 5) is 28.6. The smallest absolute Gasteiger partial charge is 0.278 e. The third-order valence-electron chi connectivity index (χ3n) is 5.10. The van der Waals surface area contributed by atoms with Crippen molar-refractivity contribution in [1.29, 1.82) is 0 Å². The van der Waals surface area contributed by atoms with Crippen LogP contribution < -0.4 is 10.3 Å². The molecule has 0 saturated heterocycles. The zero-order chi connectivity index (χ0) is 31.4. The monoisotopic (exact) mass is 536 g/mol. The lowest BCUT2D eigenvalue weighted by Gasteiger charge is -2.18. The van der Waals surface area contributed by atoms with Crippen molar-refractivity contribution in [3.63, 3.8) is 0 Å². The third-order valence-corrected chi connectivity index (χ3v) is 5.45. The Labute approximate surface area is 221 Å². The molecule has 1 N–H and O–H groups in total. The first-order valence-corrected chi connectivity index (χ1v) is 10.9. The summed E-state index contributed by atoms with van der Waals surface area (Å²) < 4.78 is 88.4. The predicted molar refractivity (Wildman–Crippen MR) is 129 cm³/mol. The normalized spacial score (nSPS) is 15.6. The maximum atomic E-state index is 16.1. The van der Waals surface area contributed by atoms with Crippen molar-refractivity contribution in [2.75, 3.05) is 0 Å². The minimum absolute atomic E-state index is 0.00981. The van der Waals surface area contributed by atoms with Gasteiger partial charge < -0.3 is 9.84 Å². The van der Waals surface area contributed by atoms with Crippen molar-refractivity contribution in [2.45, 2.75) is 39.8 Å². The number of halogens is 4. The van der Waals surface area contributed by atoms with Gasteiger partial charge in [0.2, 0.25) is 0 Å². The Morgan fingerprint density at radius 1 is 1.22 bits per heavy atom. The van der Waals surface area contributed by atoms with Crippen molar-refractivity contribution >= 4 is 11.6 Å². The van der Waals surface area contributed by atoms with Crippen LogP contribution >= 0.6 is 11.6 Å². The van der Waals surface area contributed by atoms with Crippen molar-refractivity contribution in [3.8, 4) is 22.8 Å². The molecular weight excluding hydrogens is 511 g/mol. The quantitative estimate of drug-likeness (QED) is 0.385. The summed E-state index contributed by atoms with van der Waals surface area (Å²) in [5.41, 5.74) is -5.14. The highest BCUT2D eigenvalue weighted by atomic mass is 35.5. The standard InChI is InChI=1S/C25H21ClF3N5O3/c1-12-9-32-21(16-5-6-30-24(33-16)25(3,4)36)20(29)22(12)34-13(2)7-18(19(26)23(34)35)37-11-17-15(28)8-14(27)10-31-17/h5-10,36H,11H2,1-4H3/i3D3,11D2. The van der Waals surface area contributed by atoms with Gasteiger partial charge in [0, 0.05) is 34.3 Å². The minimum Gasteiger partial charge on any atom is -0.485 e. The molecule has 0 aliphatic heterocycles. The molecule has 8 nitrogen and oxygen atoms in total. The molecule has 0 amide bonds. The average Bonchev–Trinajstić information content (AvgIpc) is 2.88. The zero-order valence-corrected chi connectivity index (χ0v) is 20.2. The van der Waals surface area contributed by atoms with Crippen LogP contribution in [0.5, 0.6) is 5.75 Å². The number of hydrogen-bond acceptors (Lipinski definition) is 7. The lowest BCUT2D eigenvalue weighted by molar-refractivity contribution is 0.0688. The van der Waals surface area contributed by atoms with Crippen molar-refractivity contribution in [2.24, 2.45) is 0 Å². The van der Waals surface area contributed by atoms with Gasteiger partial charge in [0.05, 0.1) is 20.3 Å². The number of aromatic nitrogens is 5. The molecule has 4 aromatic heterocycles. The Balaban J connectivity index is 1.82. The van der Waals surface area contributed by atoms with Gasteiger partial charge in [0.15, 0.2) is 17.5 Å². The molecule has 4 rings (SSSR count). The summed E-state index contributed by atoms with van der Waals surface area (Å²) in [5, 5.41) is 9.82. The van der Waals surface area contributed by atoms with E-state index in [0.29, 0.717) is 12.3 Å². The molecule has 1 atom stereocenters. The van der Waals surface area contributed by atoms with Crippen LogP contribution in [0.15, 0.2) is 41.6 Å². The van der Waals surface area contributed by atoms with Gasteiger partial charge in [-0.3, -0.25) is 19.3 Å². The van der Waals surface area contributed by atoms with Gasteiger partial charge in [0.25, 0.3) is 5.56 Å². The second kappa shape index (κ2) is 9.91. The summed E-state index contributed by atoms with van der Waals surface area (Å²) in [6.45, 7) is -2.09. The molecular formula is C25H21ClF3N5O3. The second-order valence-corrected chi connectivity index (χ2v) is 8.46. The van der Waals surface area contributed by atoms with E-state index in [0.717, 1.165) is 23.8 Å². The molecule has 0 radical (unpaired) electrons. The maximum absolute atomic E-state index is 16.1. The molecule has 12 heteroatoms. The fraction of sp³-hybridized carbons (Fsp3) is 0.240. The summed E-state index contributed by atoms with van der Waals surface area (Å²) >= 11 is 6.22. The number of nitrogens with zero attached hydrogens (tertiary/aromatic N) is 5. The largest absolute Gasteiger partial charge is 0.485 e. The predicted octanol–water partition coefficient (Wildman–Crippen LogP) is 4.58. The Kier molecular flexibility index (Phi) is 5.42. The van der Waals surface area contributed by atoms with E-state index in [2.05, 4.69) is 19.9 Å². The van der Waals surface area contributed by atoms with Crippen LogP contribution in [-0.2, 0) is 12.2 Å². The molecule has 4 aromatic rings. The van der Waals surface area contributed by atoms with Crippen molar-refractivity contribution in [3.05, 3.63) is 92.4 Å². The fourth-order valence-corrected chi connectivity index (χ4v) is 3.55. The highest BCUT2D eigenvalue weighted by Crippen LogP contribution is 2.30. The summed E-state index contributed by atoms with van der Waals surface area (Å²) in [7, 11) is 0. The highest BCUT2D eigenvalue weighted by molar-refractivity contribution is 6.31. The molecule has 0 aliphatic carbocycles. The number of ether oxygens (including phenoxy) is 1. The van der Waals surface area contributed by atoms with E-state index in [4.69, 9.17) is 23.2 Å². The van der Waals surface area contributed by atoms with E-state index in [1.807, 2.05) is 0 Å². The first-order valence-electron chi connectivity index (χ1n) is 13.0. The molecule has 4 heterocycles. The maximum Gasteiger partial charge on any atom is 0.278 e. The van der Waals surface area contributed by atoms with Crippen molar-refractivity contribution < 1.29 is 29.9 Å². The van der Waals surface area contributed by atoms with Crippen LogP contribution in [0.4, 0.5) is 13.2 Å². The Hall–Kier alpha value is -3.83. The van der Waals surface area contributed by atoms with Gasteiger partial charge in [-0.2, -0.15) is 0 Å². The molecule has 1 unspecified atom stereocenters. The molecule has 0 fully saturated rings. The SMILES string of the molecule is [2H]C([2H])(Oc1cc(C)n(-c2c(C)cnc(-c3ccnc(C(C)(O)C([2H])([2H])[2H])n3)c2F)c(=O)c1Cl)c1ncc(F)cc1F. The first kappa shape index (κ1) is 20.3. The van der Waals surface area contributed by atoms with Crippen LogP contribution in [0.1, 0.15) is 43.4 Å². The van der Waals surface area contributed by atoms with Gasteiger partial charge in [-0.15, -0.1) is 0 Å². The number of aliphatic hydroxyl groups is 1. The second-order valence-electron chi connectivity index (χ2n) is 8.08. The first-order chi connectivity index (χ1) is 19.4. The van der Waals surface area contributed by atoms with Gasteiger partial charge in [0.1, 0.15) is 40.1 Å². The van der Waals surface area contributed by atoms with E-state index in [1.165, 1.54) is 26.1 Å². The number of aryl methyl sites for hydroxylation is 2. The summed E-state index contributed by atoms with van der Waals surface area (Å²) in [5.74, 6) is -4.47. The summed E-state index contributed by atoms with van der Waals surface area (Å²) in [6, 6.07) is 2.75. The zero-order valence-electron chi connectivity index (χ0n) is 24.5. The van der Waals surface area contributed by atoms with Crippen LogP contribution in [0.25, 0.3) is 17.1 Å². The molecule has 0 saturated carbocycles. The van der Waals surface area contributed by atoms with Crippen LogP contribution in [0, 0.1) is 31.3 Å². The Morgan fingerprint density at radius 3 is 2.68 bits per heavy atom. The highest BCUT2D eigenvalue weighted by Gasteiger charge is 2.24. The Morgan fingerprint density at radius 2 is 1.97 bits per heavy atom. The average molecular weight is 537 g/mol. The van der Waals surface area contributed by atoms with E-state index >= 15 is 4.39 Å². The number of hydrogen-bond donors (Lipinski definition) is 1.